The van der Waals surface area contributed by atoms with E-state index in [2.05, 4.69) is 15.9 Å². The average molecular weight is 562 g/mol. The van der Waals surface area contributed by atoms with E-state index >= 15 is 0 Å². The highest BCUT2D eigenvalue weighted by atomic mass is 79.9. The van der Waals surface area contributed by atoms with Gasteiger partial charge in [-0.1, -0.05) is 69.7 Å². The number of halogens is 2. The lowest BCUT2D eigenvalue weighted by Gasteiger charge is -2.14. The minimum Gasteiger partial charge on any atom is -0.488 e. The van der Waals surface area contributed by atoms with E-state index in [9.17, 15) is 14.9 Å². The Labute approximate surface area is 212 Å². The number of carbonyl (C=O) groups excluding carboxylic acids is 1. The quantitative estimate of drug-likeness (QED) is 0.140. The Hall–Kier alpha value is -2.72. The molecule has 4 rings (SSSR count). The second kappa shape index (κ2) is 10.0. The molecule has 0 aliphatic carbocycles. The van der Waals surface area contributed by atoms with E-state index in [0.29, 0.717) is 37.9 Å². The van der Waals surface area contributed by atoms with Crippen molar-refractivity contribution in [2.45, 2.75) is 6.61 Å². The largest absolute Gasteiger partial charge is 0.488 e. The van der Waals surface area contributed by atoms with Gasteiger partial charge in [0.1, 0.15) is 12.4 Å². The van der Waals surface area contributed by atoms with E-state index in [-0.39, 0.29) is 11.6 Å². The van der Waals surface area contributed by atoms with Crippen molar-refractivity contribution in [2.24, 2.45) is 0 Å². The van der Waals surface area contributed by atoms with Crippen molar-refractivity contribution in [3.8, 4) is 5.75 Å². The predicted molar refractivity (Wildman–Crippen MR) is 139 cm³/mol. The third-order valence-corrected chi connectivity index (χ3v) is 6.71. The van der Waals surface area contributed by atoms with E-state index < -0.39 is 4.92 Å². The first kappa shape index (κ1) is 23.4. The van der Waals surface area contributed by atoms with E-state index in [1.165, 1.54) is 23.1 Å². The molecule has 0 saturated carbocycles. The summed E-state index contributed by atoms with van der Waals surface area (Å²) in [4.78, 5) is 25.4. The molecule has 166 valence electrons. The van der Waals surface area contributed by atoms with Gasteiger partial charge in [0.2, 0.25) is 0 Å². The summed E-state index contributed by atoms with van der Waals surface area (Å²) in [6.07, 6.45) is 1.71. The lowest BCUT2D eigenvalue weighted by atomic mass is 10.1. The Morgan fingerprint density at radius 2 is 1.91 bits per heavy atom. The van der Waals surface area contributed by atoms with E-state index in [4.69, 9.17) is 28.6 Å². The summed E-state index contributed by atoms with van der Waals surface area (Å²) in [5.74, 6) is 0.239. The van der Waals surface area contributed by atoms with Crippen molar-refractivity contribution in [3.63, 3.8) is 0 Å². The van der Waals surface area contributed by atoms with Gasteiger partial charge >= 0.3 is 0 Å². The minimum absolute atomic E-state index is 0.115. The molecule has 33 heavy (non-hydrogen) atoms. The van der Waals surface area contributed by atoms with Gasteiger partial charge in [0.25, 0.3) is 11.6 Å². The molecule has 1 fully saturated rings. The van der Waals surface area contributed by atoms with E-state index in [0.717, 1.165) is 21.8 Å². The first-order chi connectivity index (χ1) is 15.8. The Morgan fingerprint density at radius 3 is 2.64 bits per heavy atom. The van der Waals surface area contributed by atoms with Crippen LogP contribution in [0.5, 0.6) is 5.75 Å². The highest BCUT2D eigenvalue weighted by Gasteiger charge is 2.34. The molecule has 0 radical (unpaired) electrons. The predicted octanol–water partition coefficient (Wildman–Crippen LogP) is 7.00. The standard InChI is InChI=1S/C23H14BrClN2O4S2/c24-16-6-9-20(31-13-14-4-7-17(25)8-5-14)15(10-16)11-21-22(28)26(23(32)33-21)18-2-1-3-19(12-18)27(29)30/h1-12H,13H2/b21-11-. The third-order valence-electron chi connectivity index (χ3n) is 4.66. The minimum atomic E-state index is -0.511. The molecule has 10 heteroatoms. The van der Waals surface area contributed by atoms with Crippen LogP contribution in [-0.2, 0) is 11.4 Å². The van der Waals surface area contributed by atoms with Crippen molar-refractivity contribution in [3.05, 3.63) is 102 Å². The van der Waals surface area contributed by atoms with Crippen molar-refractivity contribution < 1.29 is 14.5 Å². The number of nitro groups is 1. The molecule has 0 spiro atoms. The van der Waals surface area contributed by atoms with Crippen LogP contribution in [0.2, 0.25) is 5.02 Å². The molecule has 1 aliphatic heterocycles. The van der Waals surface area contributed by atoms with Crippen LogP contribution >= 0.6 is 51.5 Å². The number of non-ortho nitro benzene ring substituents is 1. The number of carbonyl (C=O) groups is 1. The highest BCUT2D eigenvalue weighted by Crippen LogP contribution is 2.38. The number of ether oxygens (including phenoxy) is 1. The molecule has 0 atom stereocenters. The molecule has 0 unspecified atom stereocenters. The molecule has 1 heterocycles. The van der Waals surface area contributed by atoms with Gasteiger partial charge in [0.15, 0.2) is 4.32 Å². The first-order valence-corrected chi connectivity index (χ1v) is 11.9. The Bertz CT molecular complexity index is 1300. The molecule has 1 saturated heterocycles. The smallest absolute Gasteiger partial charge is 0.271 e. The highest BCUT2D eigenvalue weighted by molar-refractivity contribution is 9.10. The fraction of sp³-hybridized carbons (Fsp3) is 0.0435. The topological polar surface area (TPSA) is 72.7 Å². The van der Waals surface area contributed by atoms with Gasteiger partial charge in [0, 0.05) is 27.2 Å². The molecule has 1 amide bonds. The second-order valence-corrected chi connectivity index (χ2v) is 9.92. The van der Waals surface area contributed by atoms with Crippen molar-refractivity contribution in [2.75, 3.05) is 4.90 Å². The monoisotopic (exact) mass is 560 g/mol. The second-order valence-electron chi connectivity index (χ2n) is 6.89. The van der Waals surface area contributed by atoms with Gasteiger partial charge in [-0.15, -0.1) is 0 Å². The molecule has 6 nitrogen and oxygen atoms in total. The van der Waals surface area contributed by atoms with Crippen LogP contribution in [-0.4, -0.2) is 15.2 Å². The molecular weight excluding hydrogens is 548 g/mol. The zero-order valence-electron chi connectivity index (χ0n) is 16.7. The summed E-state index contributed by atoms with van der Waals surface area (Å²) < 4.78 is 7.11. The fourth-order valence-corrected chi connectivity index (χ4v) is 4.88. The van der Waals surface area contributed by atoms with Crippen LogP contribution in [0.25, 0.3) is 6.08 Å². The van der Waals surface area contributed by atoms with Crippen LogP contribution in [0.3, 0.4) is 0 Å². The number of thiocarbonyl (C=S) groups is 1. The SMILES string of the molecule is O=C1/C(=C/c2cc(Br)ccc2OCc2ccc(Cl)cc2)SC(=S)N1c1cccc([N+](=O)[O-])c1. The van der Waals surface area contributed by atoms with Crippen LogP contribution in [0, 0.1) is 10.1 Å². The normalized spacial score (nSPS) is 14.7. The molecule has 0 N–H and O–H groups in total. The number of benzene rings is 3. The van der Waals surface area contributed by atoms with Crippen molar-refractivity contribution in [1.82, 2.24) is 0 Å². The summed E-state index contributed by atoms with van der Waals surface area (Å²) in [6.45, 7) is 0.328. The van der Waals surface area contributed by atoms with Crippen LogP contribution < -0.4 is 9.64 Å². The lowest BCUT2D eigenvalue weighted by Crippen LogP contribution is -2.27. The summed E-state index contributed by atoms with van der Waals surface area (Å²) in [6, 6.07) is 18.7. The zero-order chi connectivity index (χ0) is 23.5. The number of nitrogens with zero attached hydrogens (tertiary/aromatic N) is 2. The maximum Gasteiger partial charge on any atom is 0.271 e. The van der Waals surface area contributed by atoms with Crippen LogP contribution in [0.4, 0.5) is 11.4 Å². The number of hydrogen-bond acceptors (Lipinski definition) is 6. The summed E-state index contributed by atoms with van der Waals surface area (Å²) in [5, 5.41) is 11.8. The number of nitro benzene ring substituents is 1. The maximum atomic E-state index is 13.1. The maximum absolute atomic E-state index is 13.1. The summed E-state index contributed by atoms with van der Waals surface area (Å²) in [7, 11) is 0. The van der Waals surface area contributed by atoms with Gasteiger partial charge in [-0.05, 0) is 48.0 Å². The first-order valence-electron chi connectivity index (χ1n) is 9.51. The summed E-state index contributed by atoms with van der Waals surface area (Å²) >= 11 is 15.9. The number of anilines is 1. The number of amides is 1. The van der Waals surface area contributed by atoms with Gasteiger partial charge < -0.3 is 4.74 Å². The number of thioether (sulfide) groups is 1. The van der Waals surface area contributed by atoms with Gasteiger partial charge in [0.05, 0.1) is 15.5 Å². The zero-order valence-corrected chi connectivity index (χ0v) is 20.7. The van der Waals surface area contributed by atoms with Gasteiger partial charge in [-0.2, -0.15) is 0 Å². The summed E-state index contributed by atoms with van der Waals surface area (Å²) in [5.41, 5.74) is 1.88. The van der Waals surface area contributed by atoms with Gasteiger partial charge in [-0.25, -0.2) is 0 Å². The molecule has 3 aromatic carbocycles. The lowest BCUT2D eigenvalue weighted by molar-refractivity contribution is -0.384. The molecule has 3 aromatic rings. The number of hydrogen-bond donors (Lipinski definition) is 0. The fourth-order valence-electron chi connectivity index (χ4n) is 3.08. The van der Waals surface area contributed by atoms with Crippen molar-refractivity contribution >= 4 is 79.2 Å². The Balaban J connectivity index is 1.61. The third kappa shape index (κ3) is 5.44. The van der Waals surface area contributed by atoms with E-state index in [1.54, 1.807) is 24.3 Å². The Kier molecular flexibility index (Phi) is 7.14. The number of rotatable bonds is 6. The molecule has 0 bridgehead atoms. The average Bonchev–Trinajstić information content (AvgIpc) is 3.07. The van der Waals surface area contributed by atoms with Gasteiger partial charge in [-0.3, -0.25) is 19.8 Å². The van der Waals surface area contributed by atoms with Crippen LogP contribution in [0.15, 0.2) is 76.1 Å². The van der Waals surface area contributed by atoms with Crippen LogP contribution in [0.1, 0.15) is 11.1 Å². The van der Waals surface area contributed by atoms with Crippen molar-refractivity contribution in [1.29, 1.82) is 0 Å². The molecule has 1 aliphatic rings. The molecule has 0 aromatic heterocycles. The Morgan fingerprint density at radius 1 is 1.15 bits per heavy atom. The van der Waals surface area contributed by atoms with E-state index in [1.807, 2.05) is 30.3 Å². The molecular formula is C23H14BrClN2O4S2.